The number of carbonyl (C=O) groups excluding carboxylic acids is 1. The zero-order valence-corrected chi connectivity index (χ0v) is 8.78. The molecule has 2 heteroatoms. The average Bonchev–Trinajstić information content (AvgIpc) is 2.78. The molecule has 6 aliphatic rings. The SMILES string of the molecule is O=C1[C@@H]2[C@H]3C[C@@H]4[C@@H]5[C@@H](Br)[C@@H]([C@@H]1[C@@H]35)[C@@H]42. The van der Waals surface area contributed by atoms with Crippen LogP contribution in [0.25, 0.3) is 0 Å². The summed E-state index contributed by atoms with van der Waals surface area (Å²) in [6.07, 6.45) is 1.41. The minimum atomic E-state index is 0.521. The summed E-state index contributed by atoms with van der Waals surface area (Å²) in [5, 5.41) is 0. The van der Waals surface area contributed by atoms with Crippen molar-refractivity contribution >= 4 is 21.7 Å². The van der Waals surface area contributed by atoms with E-state index in [2.05, 4.69) is 15.9 Å². The Bertz CT molecular complexity index is 350. The van der Waals surface area contributed by atoms with Crippen LogP contribution in [0, 0.1) is 47.3 Å². The third-order valence-electron chi connectivity index (χ3n) is 6.01. The van der Waals surface area contributed by atoms with E-state index in [-0.39, 0.29) is 0 Å². The minimum absolute atomic E-state index is 0.521. The van der Waals surface area contributed by atoms with Crippen LogP contribution in [0.5, 0.6) is 0 Å². The van der Waals surface area contributed by atoms with E-state index in [0.29, 0.717) is 17.6 Å². The number of alkyl halides is 1. The highest BCUT2D eigenvalue weighted by Crippen LogP contribution is 2.82. The van der Waals surface area contributed by atoms with Gasteiger partial charge in [-0.3, -0.25) is 4.79 Å². The molecule has 6 rings (SSSR count). The molecule has 0 aliphatic heterocycles. The first-order valence-electron chi connectivity index (χ1n) is 5.48. The van der Waals surface area contributed by atoms with Gasteiger partial charge in [0.25, 0.3) is 0 Å². The Morgan fingerprint density at radius 3 is 2.54 bits per heavy atom. The van der Waals surface area contributed by atoms with Gasteiger partial charge < -0.3 is 0 Å². The van der Waals surface area contributed by atoms with E-state index in [9.17, 15) is 4.79 Å². The molecule has 0 aromatic carbocycles. The first kappa shape index (κ1) is 6.60. The highest BCUT2D eigenvalue weighted by Gasteiger charge is 2.83. The number of halogens is 1. The van der Waals surface area contributed by atoms with Crippen LogP contribution in [-0.4, -0.2) is 10.6 Å². The summed E-state index contributed by atoms with van der Waals surface area (Å²) in [5.41, 5.74) is 0. The molecule has 0 amide bonds. The molecule has 68 valence electrons. The van der Waals surface area contributed by atoms with Crippen LogP contribution >= 0.6 is 15.9 Å². The summed E-state index contributed by atoms with van der Waals surface area (Å²) in [6, 6.07) is 0. The molecule has 0 aromatic heterocycles. The molecule has 0 N–H and O–H groups in total. The summed E-state index contributed by atoms with van der Waals surface area (Å²) in [6.45, 7) is 0. The lowest BCUT2D eigenvalue weighted by Crippen LogP contribution is -2.30. The fourth-order valence-corrected chi connectivity index (χ4v) is 7.62. The maximum Gasteiger partial charge on any atom is 0.140 e. The average molecular weight is 239 g/mol. The van der Waals surface area contributed by atoms with Crippen LogP contribution in [0.4, 0.5) is 0 Å². The van der Waals surface area contributed by atoms with Crippen molar-refractivity contribution in [3.05, 3.63) is 0 Å². The predicted octanol–water partition coefficient (Wildman–Crippen LogP) is 1.71. The monoisotopic (exact) mass is 238 g/mol. The van der Waals surface area contributed by atoms with Crippen LogP contribution in [0.3, 0.4) is 0 Å². The number of rotatable bonds is 0. The van der Waals surface area contributed by atoms with Crippen molar-refractivity contribution in [3.63, 3.8) is 0 Å². The van der Waals surface area contributed by atoms with E-state index in [0.717, 1.165) is 40.3 Å². The molecule has 0 heterocycles. The largest absolute Gasteiger partial charge is 0.299 e. The highest BCUT2D eigenvalue weighted by atomic mass is 79.9. The van der Waals surface area contributed by atoms with Crippen LogP contribution < -0.4 is 0 Å². The van der Waals surface area contributed by atoms with Crippen LogP contribution in [-0.2, 0) is 4.79 Å². The smallest absolute Gasteiger partial charge is 0.140 e. The Kier molecular flexibility index (Phi) is 0.790. The zero-order valence-electron chi connectivity index (χ0n) is 7.19. The molecule has 0 saturated heterocycles. The minimum Gasteiger partial charge on any atom is -0.299 e. The highest BCUT2D eigenvalue weighted by molar-refractivity contribution is 9.09. The van der Waals surface area contributed by atoms with E-state index in [1.54, 1.807) is 0 Å². The summed E-state index contributed by atoms with van der Waals surface area (Å²) in [4.78, 5) is 12.7. The van der Waals surface area contributed by atoms with Gasteiger partial charge in [-0.05, 0) is 41.9 Å². The van der Waals surface area contributed by atoms with Crippen molar-refractivity contribution in [2.24, 2.45) is 47.3 Å². The third kappa shape index (κ3) is 0.397. The molecular weight excluding hydrogens is 228 g/mol. The molecule has 1 nitrogen and oxygen atoms in total. The molecule has 6 fully saturated rings. The van der Waals surface area contributed by atoms with Gasteiger partial charge in [0, 0.05) is 16.7 Å². The third-order valence-corrected chi connectivity index (χ3v) is 7.24. The van der Waals surface area contributed by atoms with Gasteiger partial charge in [0.2, 0.25) is 0 Å². The molecule has 0 aromatic rings. The molecule has 9 atom stereocenters. The topological polar surface area (TPSA) is 17.1 Å². The van der Waals surface area contributed by atoms with Crippen molar-refractivity contribution in [1.29, 1.82) is 0 Å². The zero-order chi connectivity index (χ0) is 8.48. The van der Waals surface area contributed by atoms with Gasteiger partial charge in [0.1, 0.15) is 5.78 Å². The number of ketones is 1. The van der Waals surface area contributed by atoms with E-state index >= 15 is 0 Å². The quantitative estimate of drug-likeness (QED) is 0.588. The number of hydrogen-bond acceptors (Lipinski definition) is 1. The van der Waals surface area contributed by atoms with Crippen molar-refractivity contribution < 1.29 is 4.79 Å². The van der Waals surface area contributed by atoms with Crippen molar-refractivity contribution in [3.8, 4) is 0 Å². The van der Waals surface area contributed by atoms with Gasteiger partial charge in [0.15, 0.2) is 0 Å². The van der Waals surface area contributed by atoms with E-state index < -0.39 is 0 Å². The Morgan fingerprint density at radius 1 is 1.00 bits per heavy atom. The van der Waals surface area contributed by atoms with Gasteiger partial charge >= 0.3 is 0 Å². The lowest BCUT2D eigenvalue weighted by atomic mass is 9.71. The predicted molar refractivity (Wildman–Crippen MR) is 50.3 cm³/mol. The summed E-state index contributed by atoms with van der Waals surface area (Å²) in [7, 11) is 0. The van der Waals surface area contributed by atoms with Gasteiger partial charge in [-0.15, -0.1) is 0 Å². The molecule has 0 unspecified atom stereocenters. The maximum absolute atomic E-state index is 12.0. The molecule has 0 radical (unpaired) electrons. The summed E-state index contributed by atoms with van der Waals surface area (Å²) in [5.74, 6) is 6.90. The second-order valence-electron chi connectivity index (χ2n) is 5.77. The molecule has 6 saturated carbocycles. The first-order chi connectivity index (χ1) is 6.30. The lowest BCUT2D eigenvalue weighted by Gasteiger charge is -2.32. The Hall–Kier alpha value is 0.150. The molecular formula is C11H11BrO. The van der Waals surface area contributed by atoms with Crippen LogP contribution in [0.2, 0.25) is 0 Å². The van der Waals surface area contributed by atoms with Crippen molar-refractivity contribution in [2.45, 2.75) is 11.2 Å². The fourth-order valence-electron chi connectivity index (χ4n) is 6.20. The number of Topliss-reactive ketones (excluding diaryl/α,β-unsaturated/α-hetero) is 1. The van der Waals surface area contributed by atoms with E-state index in [1.165, 1.54) is 6.42 Å². The lowest BCUT2D eigenvalue weighted by molar-refractivity contribution is -0.122. The standard InChI is InChI=1S/C11H11BrO/c12-10-6-2-1-3-4(6)9-8(10)5(2)7(3)11(9)13/h2-10H,1H2/t2-,3-,4-,5-,6-,7+,8+,9-,10+/m0/s1. The van der Waals surface area contributed by atoms with Crippen LogP contribution in [0.1, 0.15) is 6.42 Å². The van der Waals surface area contributed by atoms with Gasteiger partial charge in [0.05, 0.1) is 0 Å². The van der Waals surface area contributed by atoms with Crippen molar-refractivity contribution in [1.82, 2.24) is 0 Å². The summed E-state index contributed by atoms with van der Waals surface area (Å²) >= 11 is 3.86. The van der Waals surface area contributed by atoms with Gasteiger partial charge in [-0.1, -0.05) is 15.9 Å². The van der Waals surface area contributed by atoms with Crippen molar-refractivity contribution in [2.75, 3.05) is 0 Å². The first-order valence-corrected chi connectivity index (χ1v) is 6.40. The van der Waals surface area contributed by atoms with E-state index in [4.69, 9.17) is 0 Å². The normalized spacial score (nSPS) is 79.8. The fraction of sp³-hybridized carbons (Fsp3) is 0.909. The second kappa shape index (κ2) is 1.56. The number of carbonyl (C=O) groups is 1. The van der Waals surface area contributed by atoms with Gasteiger partial charge in [-0.25, -0.2) is 0 Å². The Balaban J connectivity index is 1.90. The van der Waals surface area contributed by atoms with E-state index in [1.807, 2.05) is 0 Å². The maximum atomic E-state index is 12.0. The number of hydrogen-bond donors (Lipinski definition) is 0. The molecule has 6 aliphatic carbocycles. The van der Waals surface area contributed by atoms with Crippen LogP contribution in [0.15, 0.2) is 0 Å². The van der Waals surface area contributed by atoms with Gasteiger partial charge in [-0.2, -0.15) is 0 Å². The molecule has 13 heavy (non-hydrogen) atoms. The Labute approximate surface area is 85.4 Å². The molecule has 0 spiro atoms. The summed E-state index contributed by atoms with van der Waals surface area (Å²) < 4.78 is 0. The molecule has 6 bridgehead atoms. The second-order valence-corrected chi connectivity index (χ2v) is 6.83. The Morgan fingerprint density at radius 2 is 1.77 bits per heavy atom.